The van der Waals surface area contributed by atoms with Crippen LogP contribution in [0.4, 0.5) is 0 Å². The molecule has 18 heavy (non-hydrogen) atoms. The van der Waals surface area contributed by atoms with Crippen LogP contribution in [0.1, 0.15) is 32.3 Å². The molecule has 4 heteroatoms. The van der Waals surface area contributed by atoms with Crippen LogP contribution in [-0.2, 0) is 11.2 Å². The van der Waals surface area contributed by atoms with Gasteiger partial charge in [0.15, 0.2) is 0 Å². The number of rotatable bonds is 6. The van der Waals surface area contributed by atoms with E-state index in [9.17, 15) is 5.11 Å². The summed E-state index contributed by atoms with van der Waals surface area (Å²) in [4.78, 5) is 0. The molecule has 1 aromatic rings. The zero-order valence-electron chi connectivity index (χ0n) is 11.0. The van der Waals surface area contributed by atoms with Gasteiger partial charge in [-0.05, 0) is 50.8 Å². The molecule has 0 spiro atoms. The summed E-state index contributed by atoms with van der Waals surface area (Å²) in [5.41, 5.74) is 0.797. The molecule has 2 nitrogen and oxygen atoms in total. The summed E-state index contributed by atoms with van der Waals surface area (Å²) in [6, 6.07) is 5.44. The SMILES string of the molecule is COC(C)(C)CCC(O)Cc1ccc(Cl)c(Cl)c1. The molecule has 0 aromatic heterocycles. The molecule has 102 valence electrons. The number of hydrogen-bond donors (Lipinski definition) is 1. The number of hydrogen-bond acceptors (Lipinski definition) is 2. The normalized spacial score (nSPS) is 13.7. The van der Waals surface area contributed by atoms with Crippen LogP contribution in [0.5, 0.6) is 0 Å². The molecule has 1 N–H and O–H groups in total. The number of aliphatic hydroxyl groups is 1. The second-order valence-corrected chi connectivity index (χ2v) is 5.92. The number of ether oxygens (including phenoxy) is 1. The maximum absolute atomic E-state index is 9.99. The van der Waals surface area contributed by atoms with Crippen molar-refractivity contribution in [1.82, 2.24) is 0 Å². The fraction of sp³-hybridized carbons (Fsp3) is 0.571. The molecule has 0 aliphatic rings. The Balaban J connectivity index is 2.49. The van der Waals surface area contributed by atoms with Crippen molar-refractivity contribution in [3.8, 4) is 0 Å². The fourth-order valence-corrected chi connectivity index (χ4v) is 1.98. The Kier molecular flexibility index (Phi) is 5.93. The van der Waals surface area contributed by atoms with Gasteiger partial charge in [-0.1, -0.05) is 29.3 Å². The Morgan fingerprint density at radius 2 is 1.94 bits per heavy atom. The van der Waals surface area contributed by atoms with Crippen LogP contribution in [0.15, 0.2) is 18.2 Å². The molecule has 1 rings (SSSR count). The lowest BCUT2D eigenvalue weighted by atomic mass is 9.97. The third-order valence-electron chi connectivity index (χ3n) is 3.09. The first kappa shape index (κ1) is 15.8. The highest BCUT2D eigenvalue weighted by atomic mass is 35.5. The van der Waals surface area contributed by atoms with Gasteiger partial charge in [0.2, 0.25) is 0 Å². The van der Waals surface area contributed by atoms with Crippen LogP contribution < -0.4 is 0 Å². The lowest BCUT2D eigenvalue weighted by Gasteiger charge is -2.24. The molecule has 0 bridgehead atoms. The number of methoxy groups -OCH3 is 1. The van der Waals surface area contributed by atoms with E-state index in [1.54, 1.807) is 19.2 Å². The van der Waals surface area contributed by atoms with Gasteiger partial charge in [0.25, 0.3) is 0 Å². The standard InChI is InChI=1S/C14H20Cl2O2/c1-14(2,18-3)7-6-11(17)8-10-4-5-12(15)13(16)9-10/h4-5,9,11,17H,6-8H2,1-3H3. The molecule has 0 amide bonds. The minimum absolute atomic E-state index is 0.196. The molecule has 0 fully saturated rings. The highest BCUT2D eigenvalue weighted by Crippen LogP contribution is 2.24. The summed E-state index contributed by atoms with van der Waals surface area (Å²) in [5, 5.41) is 11.1. The summed E-state index contributed by atoms with van der Waals surface area (Å²) in [7, 11) is 1.69. The van der Waals surface area contributed by atoms with Crippen molar-refractivity contribution in [3.05, 3.63) is 33.8 Å². The van der Waals surface area contributed by atoms with Gasteiger partial charge in [0.1, 0.15) is 0 Å². The van der Waals surface area contributed by atoms with E-state index in [4.69, 9.17) is 27.9 Å². The highest BCUT2D eigenvalue weighted by Gasteiger charge is 2.18. The van der Waals surface area contributed by atoms with Gasteiger partial charge in [-0.25, -0.2) is 0 Å². The first-order valence-electron chi connectivity index (χ1n) is 6.01. The maximum Gasteiger partial charge on any atom is 0.0623 e. The van der Waals surface area contributed by atoms with Crippen molar-refractivity contribution >= 4 is 23.2 Å². The first-order valence-corrected chi connectivity index (χ1v) is 6.77. The lowest BCUT2D eigenvalue weighted by Crippen LogP contribution is -2.25. The molecule has 0 aliphatic carbocycles. The second kappa shape index (κ2) is 6.76. The fourth-order valence-electron chi connectivity index (χ4n) is 1.66. The smallest absolute Gasteiger partial charge is 0.0623 e. The van der Waals surface area contributed by atoms with Crippen molar-refractivity contribution in [2.45, 2.75) is 44.8 Å². The van der Waals surface area contributed by atoms with E-state index >= 15 is 0 Å². The molecule has 0 heterocycles. The summed E-state index contributed by atoms with van der Waals surface area (Å²) in [6.45, 7) is 4.03. The van der Waals surface area contributed by atoms with Gasteiger partial charge < -0.3 is 9.84 Å². The van der Waals surface area contributed by atoms with E-state index in [1.807, 2.05) is 19.9 Å². The molecule has 0 saturated heterocycles. The largest absolute Gasteiger partial charge is 0.393 e. The Bertz CT molecular complexity index is 391. The van der Waals surface area contributed by atoms with E-state index in [2.05, 4.69) is 0 Å². The summed E-state index contributed by atoms with van der Waals surface area (Å²) >= 11 is 11.8. The van der Waals surface area contributed by atoms with Gasteiger partial charge in [-0.3, -0.25) is 0 Å². The predicted octanol–water partition coefficient (Wildman–Crippen LogP) is 4.10. The van der Waals surface area contributed by atoms with Gasteiger partial charge >= 0.3 is 0 Å². The lowest BCUT2D eigenvalue weighted by molar-refractivity contribution is 0.00306. The molecule has 0 radical (unpaired) electrons. The minimum Gasteiger partial charge on any atom is -0.393 e. The van der Waals surface area contributed by atoms with Gasteiger partial charge in [-0.15, -0.1) is 0 Å². The second-order valence-electron chi connectivity index (χ2n) is 5.11. The Labute approximate surface area is 119 Å². The maximum atomic E-state index is 9.99. The molecule has 0 aliphatic heterocycles. The van der Waals surface area contributed by atoms with Crippen molar-refractivity contribution < 1.29 is 9.84 Å². The summed E-state index contributed by atoms with van der Waals surface area (Å²) in [6.07, 6.45) is 1.70. The Morgan fingerprint density at radius 3 is 2.50 bits per heavy atom. The first-order chi connectivity index (χ1) is 8.34. The molecular formula is C14H20Cl2O2. The van der Waals surface area contributed by atoms with Gasteiger partial charge in [0.05, 0.1) is 21.8 Å². The quantitative estimate of drug-likeness (QED) is 0.855. The van der Waals surface area contributed by atoms with Crippen LogP contribution >= 0.6 is 23.2 Å². The van der Waals surface area contributed by atoms with E-state index in [-0.39, 0.29) is 5.60 Å². The van der Waals surface area contributed by atoms with E-state index < -0.39 is 6.10 Å². The number of halogens is 2. The molecule has 1 aromatic carbocycles. The van der Waals surface area contributed by atoms with Crippen LogP contribution in [0.2, 0.25) is 10.0 Å². The van der Waals surface area contributed by atoms with Crippen molar-refractivity contribution in [1.29, 1.82) is 0 Å². The average molecular weight is 291 g/mol. The van der Waals surface area contributed by atoms with Crippen molar-refractivity contribution in [2.75, 3.05) is 7.11 Å². The van der Waals surface area contributed by atoms with Crippen molar-refractivity contribution in [3.63, 3.8) is 0 Å². The number of benzene rings is 1. The van der Waals surface area contributed by atoms with Crippen LogP contribution in [-0.4, -0.2) is 23.9 Å². The number of aliphatic hydroxyl groups excluding tert-OH is 1. The van der Waals surface area contributed by atoms with E-state index in [0.717, 1.165) is 12.0 Å². The molecule has 0 saturated carbocycles. The monoisotopic (exact) mass is 290 g/mol. The van der Waals surface area contributed by atoms with E-state index in [0.29, 0.717) is 22.9 Å². The third kappa shape index (κ3) is 5.15. The molecule has 1 atom stereocenters. The molecule has 1 unspecified atom stereocenters. The zero-order chi connectivity index (χ0) is 13.8. The van der Waals surface area contributed by atoms with Crippen molar-refractivity contribution in [2.24, 2.45) is 0 Å². The topological polar surface area (TPSA) is 29.5 Å². The van der Waals surface area contributed by atoms with Gasteiger partial charge in [0, 0.05) is 7.11 Å². The predicted molar refractivity (Wildman–Crippen MR) is 76.5 cm³/mol. The summed E-state index contributed by atoms with van der Waals surface area (Å²) < 4.78 is 5.32. The van der Waals surface area contributed by atoms with Crippen LogP contribution in [0, 0.1) is 0 Å². The molecular weight excluding hydrogens is 271 g/mol. The van der Waals surface area contributed by atoms with Crippen LogP contribution in [0.3, 0.4) is 0 Å². The third-order valence-corrected chi connectivity index (χ3v) is 3.83. The Hall–Kier alpha value is -0.280. The van der Waals surface area contributed by atoms with E-state index in [1.165, 1.54) is 0 Å². The summed E-state index contributed by atoms with van der Waals surface area (Å²) in [5.74, 6) is 0. The zero-order valence-corrected chi connectivity index (χ0v) is 12.6. The Morgan fingerprint density at radius 1 is 1.28 bits per heavy atom. The average Bonchev–Trinajstić information content (AvgIpc) is 2.32. The minimum atomic E-state index is -0.392. The van der Waals surface area contributed by atoms with Gasteiger partial charge in [-0.2, -0.15) is 0 Å². The van der Waals surface area contributed by atoms with Crippen LogP contribution in [0.25, 0.3) is 0 Å². The highest BCUT2D eigenvalue weighted by molar-refractivity contribution is 6.42.